The first-order valence-corrected chi connectivity index (χ1v) is 18.4. The number of carbonyl (C=O) groups excluding carboxylic acids is 2. The van der Waals surface area contributed by atoms with Gasteiger partial charge in [-0.3, -0.25) is 9.59 Å². The summed E-state index contributed by atoms with van der Waals surface area (Å²) >= 11 is 0. The number of benzene rings is 2. The number of likely N-dealkylation sites (tertiary alicyclic amines) is 2. The molecule has 2 aliphatic heterocycles. The van der Waals surface area contributed by atoms with Crippen molar-refractivity contribution < 1.29 is 9.59 Å². The fourth-order valence-corrected chi connectivity index (χ4v) is 7.34. The number of rotatable bonds is 11. The summed E-state index contributed by atoms with van der Waals surface area (Å²) < 4.78 is 0. The van der Waals surface area contributed by atoms with Crippen molar-refractivity contribution in [1.82, 2.24) is 44.9 Å². The highest BCUT2D eigenvalue weighted by molar-refractivity contribution is 5.85. The summed E-state index contributed by atoms with van der Waals surface area (Å²) in [5.74, 6) is 2.66. The highest BCUT2D eigenvalue weighted by atomic mass is 16.2. The van der Waals surface area contributed by atoms with E-state index in [0.29, 0.717) is 18.4 Å². The molecule has 4 atom stereocenters. The Balaban J connectivity index is 1.00. The smallest absolute Gasteiger partial charge is 0.246 e. The van der Waals surface area contributed by atoms with Gasteiger partial charge in [-0.1, -0.05) is 83.1 Å². The number of nitrogen functional groups attached to an aromatic ring is 1. The number of imidazole rings is 2. The molecule has 0 unspecified atom stereocenters. The molecule has 272 valence electrons. The van der Waals surface area contributed by atoms with Crippen LogP contribution in [-0.4, -0.2) is 75.9 Å². The van der Waals surface area contributed by atoms with E-state index in [9.17, 15) is 9.59 Å². The van der Waals surface area contributed by atoms with E-state index in [0.717, 1.165) is 77.5 Å². The summed E-state index contributed by atoms with van der Waals surface area (Å²) in [5.41, 5.74) is 11.8. The van der Waals surface area contributed by atoms with Gasteiger partial charge in [-0.05, 0) is 59.8 Å². The number of anilines is 2. The van der Waals surface area contributed by atoms with Crippen molar-refractivity contribution in [1.29, 1.82) is 0 Å². The quantitative estimate of drug-likeness (QED) is 0.102. The molecule has 5 heterocycles. The number of hydrogen-bond donors (Lipinski definition) is 5. The molecule has 2 fully saturated rings. The van der Waals surface area contributed by atoms with Gasteiger partial charge in [-0.15, -0.1) is 5.10 Å². The Morgan fingerprint density at radius 2 is 1.21 bits per heavy atom. The molecule has 0 bridgehead atoms. The van der Waals surface area contributed by atoms with Crippen LogP contribution >= 0.6 is 0 Å². The zero-order valence-electron chi connectivity index (χ0n) is 30.6. The van der Waals surface area contributed by atoms with Crippen LogP contribution in [0.15, 0.2) is 60.9 Å². The molecule has 6 N–H and O–H groups in total. The van der Waals surface area contributed by atoms with Crippen LogP contribution in [0.5, 0.6) is 0 Å². The third kappa shape index (κ3) is 7.04. The molecule has 0 saturated carbocycles. The van der Waals surface area contributed by atoms with E-state index in [1.807, 2.05) is 43.0 Å². The molecular weight excluding hydrogens is 655 g/mol. The molecule has 2 saturated heterocycles. The molecule has 13 heteroatoms. The highest BCUT2D eigenvalue weighted by Crippen LogP contribution is 2.35. The number of aromatic nitrogens is 7. The molecule has 7 rings (SSSR count). The molecule has 52 heavy (non-hydrogen) atoms. The molecule has 13 nitrogen and oxygen atoms in total. The van der Waals surface area contributed by atoms with Gasteiger partial charge in [0, 0.05) is 19.0 Å². The van der Waals surface area contributed by atoms with E-state index in [-0.39, 0.29) is 41.7 Å². The van der Waals surface area contributed by atoms with Crippen molar-refractivity contribution in [2.45, 2.75) is 78.4 Å². The Kier molecular flexibility index (Phi) is 9.85. The number of nitrogens with zero attached hydrogens (tertiary/aromatic N) is 6. The summed E-state index contributed by atoms with van der Waals surface area (Å²) in [5, 5.41) is 9.83. The number of hydrogen-bond acceptors (Lipinski definition) is 8. The Bertz CT molecular complexity index is 1990. The Hall–Kier alpha value is -5.46. The molecule has 2 aromatic carbocycles. The van der Waals surface area contributed by atoms with Crippen LogP contribution in [0.1, 0.15) is 84.0 Å². The molecule has 0 radical (unpaired) electrons. The third-order valence-electron chi connectivity index (χ3n) is 10.7. The van der Waals surface area contributed by atoms with Gasteiger partial charge in [-0.2, -0.15) is 4.98 Å². The standard InChI is InChI=1S/C39H49N11O2/c1-22(2)24(5)36(51)49-18-6-8-31(49)34-41-20-29(43-34)27-14-10-25(11-15-27)26-12-16-28(17-13-26)30-21-42-35(44-30)32-9-7-19-50(32)37(52)33(23(3)4)45-39-46-38(40)47-48-39/h10-17,20-24,31-33H,6-9,18-19H2,1-5H3,(H,41,43)(H,42,44)(H4,40,45,46,47,48)/t24-,31-,32-,33-/m0/s1. The predicted molar refractivity (Wildman–Crippen MR) is 201 cm³/mol. The largest absolute Gasteiger partial charge is 0.368 e. The minimum absolute atomic E-state index is 0.00307. The maximum absolute atomic E-state index is 13.8. The van der Waals surface area contributed by atoms with Crippen molar-refractivity contribution >= 4 is 23.7 Å². The van der Waals surface area contributed by atoms with Gasteiger partial charge in [0.2, 0.25) is 23.7 Å². The second kappa shape index (κ2) is 14.6. The summed E-state index contributed by atoms with van der Waals surface area (Å²) in [6, 6.07) is 16.2. The minimum atomic E-state index is -0.498. The van der Waals surface area contributed by atoms with Gasteiger partial charge >= 0.3 is 0 Å². The van der Waals surface area contributed by atoms with Crippen LogP contribution < -0.4 is 11.1 Å². The summed E-state index contributed by atoms with van der Waals surface area (Å²) in [6.45, 7) is 11.7. The Labute approximate surface area is 304 Å². The number of aromatic amines is 3. The van der Waals surface area contributed by atoms with Crippen LogP contribution in [-0.2, 0) is 9.59 Å². The average Bonchev–Trinajstić information content (AvgIpc) is 3.99. The van der Waals surface area contributed by atoms with E-state index in [4.69, 9.17) is 15.7 Å². The van der Waals surface area contributed by atoms with Gasteiger partial charge in [-0.25, -0.2) is 15.1 Å². The summed E-state index contributed by atoms with van der Waals surface area (Å²) in [7, 11) is 0. The van der Waals surface area contributed by atoms with E-state index in [1.54, 1.807) is 0 Å². The first-order chi connectivity index (χ1) is 25.1. The van der Waals surface area contributed by atoms with Crippen molar-refractivity contribution in [2.24, 2.45) is 17.8 Å². The normalized spacial score (nSPS) is 18.8. The van der Waals surface area contributed by atoms with E-state index < -0.39 is 6.04 Å². The Morgan fingerprint density at radius 3 is 1.65 bits per heavy atom. The van der Waals surface area contributed by atoms with Crippen molar-refractivity contribution in [3.8, 4) is 33.6 Å². The van der Waals surface area contributed by atoms with Gasteiger partial charge < -0.3 is 30.8 Å². The van der Waals surface area contributed by atoms with Crippen LogP contribution in [0.2, 0.25) is 0 Å². The molecule has 0 aliphatic carbocycles. The fraction of sp³-hybridized carbons (Fsp3) is 0.436. The van der Waals surface area contributed by atoms with Crippen molar-refractivity contribution in [2.75, 3.05) is 24.1 Å². The first-order valence-electron chi connectivity index (χ1n) is 18.4. The van der Waals surface area contributed by atoms with Crippen molar-refractivity contribution in [3.05, 3.63) is 72.6 Å². The van der Waals surface area contributed by atoms with Gasteiger partial charge in [0.05, 0.1) is 35.9 Å². The van der Waals surface area contributed by atoms with Gasteiger partial charge in [0.15, 0.2) is 0 Å². The number of H-pyrrole nitrogens is 3. The van der Waals surface area contributed by atoms with Crippen molar-refractivity contribution in [3.63, 3.8) is 0 Å². The average molecular weight is 704 g/mol. The van der Waals surface area contributed by atoms with Gasteiger partial charge in [0.1, 0.15) is 17.7 Å². The molecule has 5 aromatic rings. The van der Waals surface area contributed by atoms with Crippen LogP contribution in [0.3, 0.4) is 0 Å². The second-order valence-electron chi connectivity index (χ2n) is 14.8. The SMILES string of the molecule is CC(C)[C@H](C)C(=O)N1CCC[C@H]1c1ncc(-c2ccc(-c3ccc(-c4cnc([C@@H]5CCCN5C(=O)[C@@H](Nc5n[nH]c(N)n5)C(C)C)[nH]4)cc3)cc2)[nH]1. The number of amides is 2. The maximum Gasteiger partial charge on any atom is 0.246 e. The number of nitrogens with two attached hydrogens (primary N) is 1. The minimum Gasteiger partial charge on any atom is -0.368 e. The molecule has 0 spiro atoms. The van der Waals surface area contributed by atoms with E-state index >= 15 is 0 Å². The second-order valence-corrected chi connectivity index (χ2v) is 14.8. The topological polar surface area (TPSA) is 178 Å². The first kappa shape index (κ1) is 35.0. The lowest BCUT2D eigenvalue weighted by atomic mass is 9.96. The zero-order chi connectivity index (χ0) is 36.5. The van der Waals surface area contributed by atoms with Gasteiger partial charge in [0.25, 0.3) is 0 Å². The third-order valence-corrected chi connectivity index (χ3v) is 10.7. The lowest BCUT2D eigenvalue weighted by molar-refractivity contribution is -0.137. The monoisotopic (exact) mass is 703 g/mol. The zero-order valence-corrected chi connectivity index (χ0v) is 30.6. The van der Waals surface area contributed by atoms with E-state index in [2.05, 4.69) is 92.8 Å². The maximum atomic E-state index is 13.8. The Morgan fingerprint density at radius 1 is 0.731 bits per heavy atom. The van der Waals surface area contributed by atoms with E-state index in [1.165, 1.54) is 0 Å². The number of nitrogens with one attached hydrogen (secondary N) is 4. The molecular formula is C39H49N11O2. The molecule has 3 aromatic heterocycles. The van der Waals surface area contributed by atoms with Crippen LogP contribution in [0, 0.1) is 17.8 Å². The molecule has 2 aliphatic rings. The fourth-order valence-electron chi connectivity index (χ4n) is 7.34. The lowest BCUT2D eigenvalue weighted by Crippen LogP contribution is -2.45. The predicted octanol–water partition coefficient (Wildman–Crippen LogP) is 6.59. The molecule has 2 amide bonds. The number of carbonyl (C=O) groups is 2. The lowest BCUT2D eigenvalue weighted by Gasteiger charge is -2.30. The summed E-state index contributed by atoms with van der Waals surface area (Å²) in [4.78, 5) is 51.4. The van der Waals surface area contributed by atoms with Crippen LogP contribution in [0.4, 0.5) is 11.9 Å². The highest BCUT2D eigenvalue weighted by Gasteiger charge is 2.37. The van der Waals surface area contributed by atoms with Crippen LogP contribution in [0.25, 0.3) is 33.6 Å². The summed E-state index contributed by atoms with van der Waals surface area (Å²) in [6.07, 6.45) is 7.38.